The van der Waals surface area contributed by atoms with Gasteiger partial charge in [-0.05, 0) is 49.2 Å². The van der Waals surface area contributed by atoms with Crippen LogP contribution >= 0.6 is 0 Å². The molecule has 8 nitrogen and oxygen atoms in total. The van der Waals surface area contributed by atoms with Crippen molar-refractivity contribution in [2.24, 2.45) is 0 Å². The fourth-order valence-corrected chi connectivity index (χ4v) is 3.53. The molecule has 9 heteroatoms. The van der Waals surface area contributed by atoms with Gasteiger partial charge in [-0.15, -0.1) is 5.10 Å². The second kappa shape index (κ2) is 11.0. The average Bonchev–Trinajstić information content (AvgIpc) is 3.30. The molecule has 0 aliphatic carbocycles. The number of likely N-dealkylation sites (N-methyl/N-ethyl adjacent to an activating group) is 1. The maximum atomic E-state index is 13.5. The number of nitrogens with one attached hydrogen (secondary N) is 1. The Morgan fingerprint density at radius 1 is 0.946 bits per heavy atom. The van der Waals surface area contributed by atoms with Gasteiger partial charge in [-0.2, -0.15) is 4.98 Å². The summed E-state index contributed by atoms with van der Waals surface area (Å²) in [6, 6.07) is 24.8. The Morgan fingerprint density at radius 3 is 2.16 bits per heavy atom. The fourth-order valence-electron chi connectivity index (χ4n) is 3.53. The highest BCUT2D eigenvalue weighted by Crippen LogP contribution is 2.22. The second-order valence-electron chi connectivity index (χ2n) is 9.02. The SMILES string of the molecule is CN(C(=O)OCc1ccccc1)C(C)(C)C(=O)Nc1nc(-c2ccc(F)cc2)n(Cc2ccccc2)n1. The van der Waals surface area contributed by atoms with E-state index in [1.54, 1.807) is 30.7 Å². The molecule has 37 heavy (non-hydrogen) atoms. The van der Waals surface area contributed by atoms with Gasteiger partial charge in [0, 0.05) is 12.6 Å². The molecule has 0 saturated carbocycles. The predicted octanol–water partition coefficient (Wildman–Crippen LogP) is 5.12. The van der Waals surface area contributed by atoms with Gasteiger partial charge in [0.05, 0.1) is 6.54 Å². The largest absolute Gasteiger partial charge is 0.445 e. The number of anilines is 1. The van der Waals surface area contributed by atoms with Crippen molar-refractivity contribution in [3.8, 4) is 11.4 Å². The number of rotatable bonds is 8. The molecule has 0 spiro atoms. The Hall–Kier alpha value is -4.53. The van der Waals surface area contributed by atoms with E-state index < -0.39 is 17.5 Å². The van der Waals surface area contributed by atoms with E-state index in [1.807, 2.05) is 60.7 Å². The van der Waals surface area contributed by atoms with Crippen molar-refractivity contribution in [2.45, 2.75) is 32.5 Å². The Balaban J connectivity index is 1.51. The van der Waals surface area contributed by atoms with E-state index in [2.05, 4.69) is 15.4 Å². The first-order chi connectivity index (χ1) is 17.7. The predicted molar refractivity (Wildman–Crippen MR) is 138 cm³/mol. The van der Waals surface area contributed by atoms with Crippen molar-refractivity contribution in [2.75, 3.05) is 12.4 Å². The number of halogens is 1. The maximum Gasteiger partial charge on any atom is 0.410 e. The zero-order valence-corrected chi connectivity index (χ0v) is 20.9. The van der Waals surface area contributed by atoms with Crippen LogP contribution in [0.3, 0.4) is 0 Å². The van der Waals surface area contributed by atoms with Gasteiger partial charge < -0.3 is 4.74 Å². The molecule has 0 saturated heterocycles. The third-order valence-corrected chi connectivity index (χ3v) is 6.05. The number of aromatic nitrogens is 3. The molecular weight excluding hydrogens is 473 g/mol. The van der Waals surface area contributed by atoms with E-state index in [0.29, 0.717) is 17.9 Å². The van der Waals surface area contributed by atoms with Crippen LogP contribution in [0, 0.1) is 5.82 Å². The number of amides is 2. The number of hydrogen-bond donors (Lipinski definition) is 1. The number of nitrogens with zero attached hydrogens (tertiary/aromatic N) is 4. The quantitative estimate of drug-likeness (QED) is 0.362. The Bertz CT molecular complexity index is 1360. The van der Waals surface area contributed by atoms with E-state index in [9.17, 15) is 14.0 Å². The molecule has 0 aliphatic heterocycles. The summed E-state index contributed by atoms with van der Waals surface area (Å²) in [4.78, 5) is 31.6. The fraction of sp³-hybridized carbons (Fsp3) is 0.214. The second-order valence-corrected chi connectivity index (χ2v) is 9.02. The van der Waals surface area contributed by atoms with Crippen LogP contribution in [0.15, 0.2) is 84.9 Å². The summed E-state index contributed by atoms with van der Waals surface area (Å²) in [7, 11) is 1.50. The summed E-state index contributed by atoms with van der Waals surface area (Å²) >= 11 is 0. The van der Waals surface area contributed by atoms with Crippen molar-refractivity contribution in [3.63, 3.8) is 0 Å². The maximum absolute atomic E-state index is 13.5. The first-order valence-corrected chi connectivity index (χ1v) is 11.7. The lowest BCUT2D eigenvalue weighted by atomic mass is 10.0. The zero-order chi connectivity index (χ0) is 26.4. The van der Waals surface area contributed by atoms with Gasteiger partial charge in [-0.25, -0.2) is 13.9 Å². The highest BCUT2D eigenvalue weighted by Gasteiger charge is 2.37. The van der Waals surface area contributed by atoms with Crippen LogP contribution in [0.4, 0.5) is 15.1 Å². The van der Waals surface area contributed by atoms with Crippen molar-refractivity contribution in [3.05, 3.63) is 102 Å². The van der Waals surface area contributed by atoms with Crippen molar-refractivity contribution in [1.82, 2.24) is 19.7 Å². The first-order valence-electron chi connectivity index (χ1n) is 11.7. The minimum Gasteiger partial charge on any atom is -0.445 e. The van der Waals surface area contributed by atoms with Gasteiger partial charge in [0.1, 0.15) is 18.0 Å². The van der Waals surface area contributed by atoms with E-state index in [4.69, 9.17) is 4.74 Å². The van der Waals surface area contributed by atoms with E-state index in [-0.39, 0.29) is 18.4 Å². The molecule has 3 aromatic carbocycles. The number of carbonyl (C=O) groups excluding carboxylic acids is 2. The molecule has 0 aliphatic rings. The smallest absolute Gasteiger partial charge is 0.410 e. The molecule has 0 bridgehead atoms. The summed E-state index contributed by atoms with van der Waals surface area (Å²) in [5.41, 5.74) is 1.20. The number of hydrogen-bond acceptors (Lipinski definition) is 5. The van der Waals surface area contributed by atoms with Crippen molar-refractivity contribution >= 4 is 17.9 Å². The van der Waals surface area contributed by atoms with Crippen LogP contribution in [0.5, 0.6) is 0 Å². The molecule has 1 N–H and O–H groups in total. The zero-order valence-electron chi connectivity index (χ0n) is 20.9. The molecule has 1 heterocycles. The summed E-state index contributed by atoms with van der Waals surface area (Å²) in [6.07, 6.45) is -0.640. The summed E-state index contributed by atoms with van der Waals surface area (Å²) in [6.45, 7) is 3.70. The van der Waals surface area contributed by atoms with Gasteiger partial charge in [0.2, 0.25) is 5.95 Å². The number of carbonyl (C=O) groups is 2. The molecule has 4 rings (SSSR count). The van der Waals surface area contributed by atoms with Crippen LogP contribution in [0.1, 0.15) is 25.0 Å². The molecule has 4 aromatic rings. The van der Waals surface area contributed by atoms with Gasteiger partial charge in [-0.3, -0.25) is 15.0 Å². The van der Waals surface area contributed by atoms with Crippen LogP contribution in [0.25, 0.3) is 11.4 Å². The van der Waals surface area contributed by atoms with Crippen LogP contribution < -0.4 is 5.32 Å². The van der Waals surface area contributed by atoms with E-state index in [1.165, 1.54) is 24.1 Å². The normalized spacial score (nSPS) is 11.1. The minimum atomic E-state index is -1.27. The average molecular weight is 502 g/mol. The lowest BCUT2D eigenvalue weighted by Gasteiger charge is -2.32. The Labute approximate surface area is 214 Å². The first kappa shape index (κ1) is 25.6. The van der Waals surface area contributed by atoms with Crippen LogP contribution in [-0.4, -0.2) is 44.3 Å². The van der Waals surface area contributed by atoms with Crippen molar-refractivity contribution in [1.29, 1.82) is 0 Å². The lowest BCUT2D eigenvalue weighted by Crippen LogP contribution is -2.53. The molecule has 0 fully saturated rings. The Kier molecular flexibility index (Phi) is 7.62. The highest BCUT2D eigenvalue weighted by molar-refractivity contribution is 5.98. The number of ether oxygens (including phenoxy) is 1. The molecule has 190 valence electrons. The van der Waals surface area contributed by atoms with E-state index >= 15 is 0 Å². The summed E-state index contributed by atoms with van der Waals surface area (Å²) < 4.78 is 20.5. The molecule has 0 unspecified atom stereocenters. The van der Waals surface area contributed by atoms with Gasteiger partial charge in [-0.1, -0.05) is 60.7 Å². The van der Waals surface area contributed by atoms with Gasteiger partial charge >= 0.3 is 6.09 Å². The van der Waals surface area contributed by atoms with Gasteiger partial charge in [0.25, 0.3) is 5.91 Å². The highest BCUT2D eigenvalue weighted by atomic mass is 19.1. The molecule has 1 aromatic heterocycles. The van der Waals surface area contributed by atoms with Crippen LogP contribution in [0.2, 0.25) is 0 Å². The topological polar surface area (TPSA) is 89.4 Å². The van der Waals surface area contributed by atoms with E-state index in [0.717, 1.165) is 11.1 Å². The molecule has 2 amide bonds. The molecule has 0 radical (unpaired) electrons. The van der Waals surface area contributed by atoms with Crippen LogP contribution in [-0.2, 0) is 22.7 Å². The minimum absolute atomic E-state index is 0.0689. The standard InChI is InChI=1S/C28H28FN5O3/c1-28(2,33(3)27(36)37-19-21-12-8-5-9-13-21)25(35)31-26-30-24(22-14-16-23(29)17-15-22)34(32-26)18-20-10-6-4-7-11-20/h4-17H,18-19H2,1-3H3,(H,31,32,35). The molecule has 0 atom stereocenters. The lowest BCUT2D eigenvalue weighted by molar-refractivity contribution is -0.125. The summed E-state index contributed by atoms with van der Waals surface area (Å²) in [5, 5.41) is 7.20. The van der Waals surface area contributed by atoms with Crippen molar-refractivity contribution < 1.29 is 18.7 Å². The third-order valence-electron chi connectivity index (χ3n) is 6.05. The molecular formula is C28H28FN5O3. The number of benzene rings is 3. The van der Waals surface area contributed by atoms with Gasteiger partial charge in [0.15, 0.2) is 5.82 Å². The summed E-state index contributed by atoms with van der Waals surface area (Å²) in [5.74, 6) is -0.323. The Morgan fingerprint density at radius 2 is 1.54 bits per heavy atom. The third kappa shape index (κ3) is 6.19. The monoisotopic (exact) mass is 501 g/mol.